The van der Waals surface area contributed by atoms with Crippen LogP contribution >= 0.6 is 0 Å². The zero-order valence-corrected chi connectivity index (χ0v) is 10.4. The molecule has 17 heavy (non-hydrogen) atoms. The molecule has 0 aliphatic rings. The molecule has 0 fully saturated rings. The number of hydrogen-bond donors (Lipinski definition) is 2. The molecule has 2 N–H and O–H groups in total. The molecule has 0 aliphatic heterocycles. The number of aromatic amines is 1. The minimum Gasteiger partial charge on any atom is -0.477 e. The Morgan fingerprint density at radius 2 is 2.18 bits per heavy atom. The molecule has 0 amide bonds. The predicted molar refractivity (Wildman–Crippen MR) is 65.4 cm³/mol. The lowest BCUT2D eigenvalue weighted by molar-refractivity contribution is 0.262. The standard InChI is InChI=1S/C12H20N2O3/c1-9(2)12-13-10(16)8-11(14-12)17-7-5-3-4-6-15/h8-9,15H,3-7H2,1-2H3,(H,13,14,16). The van der Waals surface area contributed by atoms with Gasteiger partial charge in [-0.2, -0.15) is 4.98 Å². The molecule has 1 aromatic heterocycles. The molecule has 0 bridgehead atoms. The second-order valence-corrected chi connectivity index (χ2v) is 4.26. The van der Waals surface area contributed by atoms with Gasteiger partial charge in [0.05, 0.1) is 12.7 Å². The Kier molecular flexibility index (Phi) is 5.69. The van der Waals surface area contributed by atoms with E-state index in [1.165, 1.54) is 6.07 Å². The van der Waals surface area contributed by atoms with Gasteiger partial charge >= 0.3 is 0 Å². The van der Waals surface area contributed by atoms with Crippen molar-refractivity contribution in [2.45, 2.75) is 39.0 Å². The Bertz CT molecular complexity index is 388. The van der Waals surface area contributed by atoms with Gasteiger partial charge in [0.25, 0.3) is 5.56 Å². The summed E-state index contributed by atoms with van der Waals surface area (Å²) in [7, 11) is 0. The number of aromatic nitrogens is 2. The minimum atomic E-state index is -0.186. The van der Waals surface area contributed by atoms with Gasteiger partial charge in [0.1, 0.15) is 5.82 Å². The summed E-state index contributed by atoms with van der Waals surface area (Å²) in [6.45, 7) is 4.65. The van der Waals surface area contributed by atoms with Gasteiger partial charge in [-0.1, -0.05) is 13.8 Å². The number of ether oxygens (including phenoxy) is 1. The van der Waals surface area contributed by atoms with Crippen molar-refractivity contribution in [2.75, 3.05) is 13.2 Å². The van der Waals surface area contributed by atoms with E-state index in [-0.39, 0.29) is 18.1 Å². The van der Waals surface area contributed by atoms with Crippen molar-refractivity contribution in [2.24, 2.45) is 0 Å². The van der Waals surface area contributed by atoms with E-state index >= 15 is 0 Å². The largest absolute Gasteiger partial charge is 0.477 e. The quantitative estimate of drug-likeness (QED) is 0.707. The fourth-order valence-corrected chi connectivity index (χ4v) is 1.37. The normalized spacial score (nSPS) is 10.8. The lowest BCUT2D eigenvalue weighted by Gasteiger charge is -2.08. The third kappa shape index (κ3) is 4.99. The van der Waals surface area contributed by atoms with E-state index in [0.29, 0.717) is 18.3 Å². The fraction of sp³-hybridized carbons (Fsp3) is 0.667. The van der Waals surface area contributed by atoms with Crippen molar-refractivity contribution in [1.29, 1.82) is 0 Å². The zero-order chi connectivity index (χ0) is 12.7. The van der Waals surface area contributed by atoms with Crippen LogP contribution in [0.5, 0.6) is 5.88 Å². The molecule has 5 heteroatoms. The molecule has 0 radical (unpaired) electrons. The van der Waals surface area contributed by atoms with Crippen molar-refractivity contribution in [1.82, 2.24) is 9.97 Å². The van der Waals surface area contributed by atoms with Crippen LogP contribution < -0.4 is 10.3 Å². The molecule has 1 rings (SSSR count). The predicted octanol–water partition coefficient (Wildman–Crippen LogP) is 1.43. The van der Waals surface area contributed by atoms with Crippen molar-refractivity contribution in [3.63, 3.8) is 0 Å². The molecule has 0 aliphatic carbocycles. The van der Waals surface area contributed by atoms with Crippen LogP contribution in [-0.4, -0.2) is 28.3 Å². The fourth-order valence-electron chi connectivity index (χ4n) is 1.37. The average molecular weight is 240 g/mol. The third-order valence-electron chi connectivity index (χ3n) is 2.34. The second kappa shape index (κ2) is 7.06. The Labute approximate surface area is 101 Å². The topological polar surface area (TPSA) is 75.2 Å². The number of H-pyrrole nitrogens is 1. The van der Waals surface area contributed by atoms with E-state index in [1.54, 1.807) is 0 Å². The van der Waals surface area contributed by atoms with Crippen LogP contribution in [-0.2, 0) is 0 Å². The summed E-state index contributed by atoms with van der Waals surface area (Å²) in [5, 5.41) is 8.62. The molecule has 0 saturated heterocycles. The Balaban J connectivity index is 2.50. The number of nitrogens with one attached hydrogen (secondary N) is 1. The van der Waals surface area contributed by atoms with E-state index in [4.69, 9.17) is 9.84 Å². The minimum absolute atomic E-state index is 0.167. The summed E-state index contributed by atoms with van der Waals surface area (Å²) in [6, 6.07) is 1.36. The van der Waals surface area contributed by atoms with Crippen molar-refractivity contribution in [3.05, 3.63) is 22.2 Å². The highest BCUT2D eigenvalue weighted by molar-refractivity contribution is 5.10. The average Bonchev–Trinajstić information content (AvgIpc) is 2.28. The van der Waals surface area contributed by atoms with Crippen LogP contribution in [0.15, 0.2) is 10.9 Å². The van der Waals surface area contributed by atoms with Crippen LogP contribution in [0.4, 0.5) is 0 Å². The van der Waals surface area contributed by atoms with Gasteiger partial charge in [-0.05, 0) is 19.3 Å². The Hall–Kier alpha value is -1.36. The molecule has 1 aromatic rings. The molecule has 96 valence electrons. The molecule has 1 heterocycles. The van der Waals surface area contributed by atoms with Crippen LogP contribution in [0, 0.1) is 0 Å². The highest BCUT2D eigenvalue weighted by atomic mass is 16.5. The van der Waals surface area contributed by atoms with Crippen LogP contribution in [0.25, 0.3) is 0 Å². The van der Waals surface area contributed by atoms with Gasteiger partial charge in [0.2, 0.25) is 5.88 Å². The summed E-state index contributed by atoms with van der Waals surface area (Å²) in [4.78, 5) is 18.2. The second-order valence-electron chi connectivity index (χ2n) is 4.26. The highest BCUT2D eigenvalue weighted by Gasteiger charge is 2.05. The van der Waals surface area contributed by atoms with E-state index in [2.05, 4.69) is 9.97 Å². The molecule has 5 nitrogen and oxygen atoms in total. The first-order chi connectivity index (χ1) is 8.13. The van der Waals surface area contributed by atoms with E-state index in [1.807, 2.05) is 13.8 Å². The van der Waals surface area contributed by atoms with Gasteiger partial charge in [-0.25, -0.2) is 0 Å². The summed E-state index contributed by atoms with van der Waals surface area (Å²) in [5.74, 6) is 1.19. The van der Waals surface area contributed by atoms with E-state index < -0.39 is 0 Å². The summed E-state index contributed by atoms with van der Waals surface area (Å²) in [6.07, 6.45) is 2.55. The lowest BCUT2D eigenvalue weighted by Crippen LogP contribution is -2.13. The number of aliphatic hydroxyl groups excluding tert-OH is 1. The van der Waals surface area contributed by atoms with Crippen molar-refractivity contribution >= 4 is 0 Å². The molecular formula is C12H20N2O3. The monoisotopic (exact) mass is 240 g/mol. The van der Waals surface area contributed by atoms with Crippen LogP contribution in [0.3, 0.4) is 0 Å². The molecule has 0 aromatic carbocycles. The maximum atomic E-state index is 11.3. The van der Waals surface area contributed by atoms with Gasteiger partial charge in [-0.3, -0.25) is 4.79 Å². The van der Waals surface area contributed by atoms with Crippen molar-refractivity contribution in [3.8, 4) is 5.88 Å². The first kappa shape index (κ1) is 13.7. The summed E-state index contributed by atoms with van der Waals surface area (Å²) < 4.78 is 5.41. The van der Waals surface area contributed by atoms with E-state index in [9.17, 15) is 4.79 Å². The number of nitrogens with zero attached hydrogens (tertiary/aromatic N) is 1. The Morgan fingerprint density at radius 1 is 1.41 bits per heavy atom. The lowest BCUT2D eigenvalue weighted by atomic mass is 10.2. The number of rotatable bonds is 7. The number of aliphatic hydroxyl groups is 1. The molecular weight excluding hydrogens is 220 g/mol. The third-order valence-corrected chi connectivity index (χ3v) is 2.34. The number of unbranched alkanes of at least 4 members (excludes halogenated alkanes) is 2. The summed E-state index contributed by atoms with van der Waals surface area (Å²) in [5.41, 5.74) is -0.186. The Morgan fingerprint density at radius 3 is 2.82 bits per heavy atom. The van der Waals surface area contributed by atoms with Gasteiger partial charge < -0.3 is 14.8 Å². The smallest absolute Gasteiger partial charge is 0.254 e. The maximum Gasteiger partial charge on any atom is 0.254 e. The highest BCUT2D eigenvalue weighted by Crippen LogP contribution is 2.10. The SMILES string of the molecule is CC(C)c1nc(OCCCCCO)cc(=O)[nH]1. The first-order valence-electron chi connectivity index (χ1n) is 5.98. The van der Waals surface area contributed by atoms with Gasteiger partial charge in [0, 0.05) is 12.5 Å². The molecule has 0 spiro atoms. The summed E-state index contributed by atoms with van der Waals surface area (Å²) >= 11 is 0. The number of hydrogen-bond acceptors (Lipinski definition) is 4. The van der Waals surface area contributed by atoms with Crippen LogP contribution in [0.1, 0.15) is 44.9 Å². The van der Waals surface area contributed by atoms with E-state index in [0.717, 1.165) is 19.3 Å². The zero-order valence-electron chi connectivity index (χ0n) is 10.4. The van der Waals surface area contributed by atoms with Gasteiger partial charge in [0.15, 0.2) is 0 Å². The molecule has 0 saturated carbocycles. The first-order valence-corrected chi connectivity index (χ1v) is 5.98. The van der Waals surface area contributed by atoms with Crippen molar-refractivity contribution < 1.29 is 9.84 Å². The molecule has 0 unspecified atom stereocenters. The molecule has 0 atom stereocenters. The van der Waals surface area contributed by atoms with Crippen LogP contribution in [0.2, 0.25) is 0 Å². The maximum absolute atomic E-state index is 11.3. The van der Waals surface area contributed by atoms with Gasteiger partial charge in [-0.15, -0.1) is 0 Å².